The number of anilines is 1. The normalized spacial score (nSPS) is 15.2. The zero-order valence-electron chi connectivity index (χ0n) is 19.2. The quantitative estimate of drug-likeness (QED) is 0.336. The maximum Gasteiger partial charge on any atom is 0.249 e. The molecule has 3 rings (SSSR count). The Morgan fingerprint density at radius 2 is 2.16 bits per heavy atom. The summed E-state index contributed by atoms with van der Waals surface area (Å²) in [4.78, 5) is 13.8. The Kier molecular flexibility index (Phi) is 8.75. The molecule has 0 spiro atoms. The molecule has 1 aromatic heterocycles. The number of fused-ring (bicyclic) bond motifs is 1. The van der Waals surface area contributed by atoms with Gasteiger partial charge in [0.25, 0.3) is 0 Å². The lowest BCUT2D eigenvalue weighted by Gasteiger charge is -2.17. The molecule has 170 valence electrons. The molecule has 0 radical (unpaired) electrons. The van der Waals surface area contributed by atoms with Crippen LogP contribution in [-0.4, -0.2) is 19.6 Å². The summed E-state index contributed by atoms with van der Waals surface area (Å²) in [6.07, 6.45) is 10.8. The van der Waals surface area contributed by atoms with Crippen LogP contribution in [0.1, 0.15) is 67.5 Å². The van der Waals surface area contributed by atoms with Crippen LogP contribution in [0.15, 0.2) is 24.3 Å². The molecule has 1 heterocycles. The number of carbonyl (C=O) groups is 1. The number of rotatable bonds is 10. The minimum atomic E-state index is -0.247. The third kappa shape index (κ3) is 6.14. The number of thiophene rings is 1. The van der Waals surface area contributed by atoms with Crippen LogP contribution in [0.4, 0.5) is 5.00 Å². The highest BCUT2D eigenvalue weighted by Crippen LogP contribution is 2.39. The lowest BCUT2D eigenvalue weighted by molar-refractivity contribution is -0.111. The molecule has 1 unspecified atom stereocenters. The summed E-state index contributed by atoms with van der Waals surface area (Å²) in [5, 5.41) is 13.2. The largest absolute Gasteiger partial charge is 0.493 e. The van der Waals surface area contributed by atoms with Crippen LogP contribution >= 0.6 is 11.3 Å². The zero-order valence-corrected chi connectivity index (χ0v) is 20.0. The van der Waals surface area contributed by atoms with Crippen LogP contribution in [0, 0.1) is 17.2 Å². The molecule has 2 aromatic rings. The fraction of sp³-hybridized carbons (Fsp3) is 0.462. The van der Waals surface area contributed by atoms with Crippen molar-refractivity contribution < 1.29 is 14.3 Å². The van der Waals surface area contributed by atoms with Gasteiger partial charge in [0.2, 0.25) is 5.91 Å². The van der Waals surface area contributed by atoms with E-state index in [0.717, 1.165) is 43.2 Å². The van der Waals surface area contributed by atoms with Crippen molar-refractivity contribution in [3.8, 4) is 17.6 Å². The highest BCUT2D eigenvalue weighted by molar-refractivity contribution is 7.16. The fourth-order valence-corrected chi connectivity index (χ4v) is 5.26. The highest BCUT2D eigenvalue weighted by Gasteiger charge is 2.24. The second-order valence-electron chi connectivity index (χ2n) is 8.31. The van der Waals surface area contributed by atoms with E-state index < -0.39 is 0 Å². The summed E-state index contributed by atoms with van der Waals surface area (Å²) in [6.45, 7) is 5.08. The van der Waals surface area contributed by atoms with Crippen molar-refractivity contribution in [2.45, 2.75) is 58.8 Å². The number of methoxy groups -OCH3 is 1. The Morgan fingerprint density at radius 1 is 1.31 bits per heavy atom. The van der Waals surface area contributed by atoms with Gasteiger partial charge in [-0.3, -0.25) is 4.79 Å². The maximum absolute atomic E-state index is 12.5. The van der Waals surface area contributed by atoms with E-state index >= 15 is 0 Å². The molecule has 1 atom stereocenters. The molecule has 0 fully saturated rings. The van der Waals surface area contributed by atoms with Gasteiger partial charge in [0.1, 0.15) is 11.1 Å². The second-order valence-corrected chi connectivity index (χ2v) is 9.41. The number of hydrogen-bond donors (Lipinski definition) is 1. The van der Waals surface area contributed by atoms with Gasteiger partial charge < -0.3 is 14.8 Å². The lowest BCUT2D eigenvalue weighted by atomic mass is 9.89. The minimum Gasteiger partial charge on any atom is -0.493 e. The van der Waals surface area contributed by atoms with Crippen LogP contribution < -0.4 is 14.8 Å². The molecule has 1 amide bonds. The van der Waals surface area contributed by atoms with Crippen molar-refractivity contribution in [2.24, 2.45) is 5.92 Å². The number of nitrogens with zero attached hydrogens (tertiary/aromatic N) is 1. The van der Waals surface area contributed by atoms with E-state index in [2.05, 4.69) is 25.2 Å². The van der Waals surface area contributed by atoms with E-state index in [1.54, 1.807) is 13.2 Å². The van der Waals surface area contributed by atoms with Crippen molar-refractivity contribution in [3.05, 3.63) is 45.8 Å². The Morgan fingerprint density at radius 3 is 2.91 bits per heavy atom. The average Bonchev–Trinajstić information content (AvgIpc) is 3.13. The SMILES string of the molecule is CCCCCCOc1ccc(C=CC(=O)Nc2sc3c(c2C#N)CCC(C)C3)cc1OC. The van der Waals surface area contributed by atoms with Crippen molar-refractivity contribution in [2.75, 3.05) is 19.0 Å². The van der Waals surface area contributed by atoms with Gasteiger partial charge in [0, 0.05) is 11.0 Å². The van der Waals surface area contributed by atoms with Crippen molar-refractivity contribution in [1.82, 2.24) is 0 Å². The molecule has 1 aliphatic carbocycles. The molecule has 6 heteroatoms. The molecular weight excluding hydrogens is 420 g/mol. The van der Waals surface area contributed by atoms with Crippen molar-refractivity contribution in [3.63, 3.8) is 0 Å². The van der Waals surface area contributed by atoms with Crippen molar-refractivity contribution >= 4 is 28.3 Å². The van der Waals surface area contributed by atoms with Gasteiger partial charge in [-0.15, -0.1) is 11.3 Å². The smallest absolute Gasteiger partial charge is 0.249 e. The first-order valence-corrected chi connectivity index (χ1v) is 12.2. The third-order valence-electron chi connectivity index (χ3n) is 5.73. The first kappa shape index (κ1) is 23.9. The number of benzene rings is 1. The Labute approximate surface area is 195 Å². The molecule has 0 saturated heterocycles. The van der Waals surface area contributed by atoms with E-state index in [4.69, 9.17) is 9.47 Å². The first-order chi connectivity index (χ1) is 15.5. The number of carbonyl (C=O) groups excluding carboxylic acids is 1. The second kappa shape index (κ2) is 11.7. The predicted molar refractivity (Wildman–Crippen MR) is 131 cm³/mol. The third-order valence-corrected chi connectivity index (χ3v) is 6.90. The summed E-state index contributed by atoms with van der Waals surface area (Å²) in [5.74, 6) is 1.73. The number of nitriles is 1. The average molecular weight is 453 g/mol. The fourth-order valence-electron chi connectivity index (χ4n) is 3.90. The van der Waals surface area contributed by atoms with Gasteiger partial charge in [-0.2, -0.15) is 5.26 Å². The van der Waals surface area contributed by atoms with Crippen LogP contribution in [0.2, 0.25) is 0 Å². The minimum absolute atomic E-state index is 0.247. The van der Waals surface area contributed by atoms with E-state index in [1.807, 2.05) is 18.2 Å². The summed E-state index contributed by atoms with van der Waals surface area (Å²) in [7, 11) is 1.61. The number of nitrogens with one attached hydrogen (secondary N) is 1. The maximum atomic E-state index is 12.5. The van der Waals surface area contributed by atoms with Gasteiger partial charge >= 0.3 is 0 Å². The number of hydrogen-bond acceptors (Lipinski definition) is 5. The molecule has 0 saturated carbocycles. The van der Waals surface area contributed by atoms with E-state index in [9.17, 15) is 10.1 Å². The first-order valence-electron chi connectivity index (χ1n) is 11.4. The molecule has 0 bridgehead atoms. The summed E-state index contributed by atoms with van der Waals surface area (Å²) in [6, 6.07) is 7.92. The monoisotopic (exact) mass is 452 g/mol. The van der Waals surface area contributed by atoms with Gasteiger partial charge in [0.05, 0.1) is 19.3 Å². The zero-order chi connectivity index (χ0) is 22.9. The van der Waals surface area contributed by atoms with Gasteiger partial charge in [-0.05, 0) is 60.9 Å². The Balaban J connectivity index is 1.62. The Bertz CT molecular complexity index is 1000. The van der Waals surface area contributed by atoms with E-state index in [0.29, 0.717) is 34.6 Å². The van der Waals surface area contributed by atoms with Crippen LogP contribution in [-0.2, 0) is 17.6 Å². The van der Waals surface area contributed by atoms with Crippen molar-refractivity contribution in [1.29, 1.82) is 5.26 Å². The topological polar surface area (TPSA) is 71.3 Å². The van der Waals surface area contributed by atoms with Crippen LogP contribution in [0.3, 0.4) is 0 Å². The summed E-state index contributed by atoms with van der Waals surface area (Å²) >= 11 is 1.54. The van der Waals surface area contributed by atoms with E-state index in [1.165, 1.54) is 35.1 Å². The van der Waals surface area contributed by atoms with E-state index in [-0.39, 0.29) is 5.91 Å². The van der Waals surface area contributed by atoms with Gasteiger partial charge in [-0.1, -0.05) is 39.2 Å². The highest BCUT2D eigenvalue weighted by atomic mass is 32.1. The number of amides is 1. The molecule has 32 heavy (non-hydrogen) atoms. The Hall–Kier alpha value is -2.78. The molecule has 0 aliphatic heterocycles. The molecule has 5 nitrogen and oxygen atoms in total. The molecule has 1 aliphatic rings. The number of unbranched alkanes of at least 4 members (excludes halogenated alkanes) is 3. The number of ether oxygens (including phenoxy) is 2. The lowest BCUT2D eigenvalue weighted by Crippen LogP contribution is -2.10. The summed E-state index contributed by atoms with van der Waals surface area (Å²) < 4.78 is 11.3. The van der Waals surface area contributed by atoms with Crippen LogP contribution in [0.5, 0.6) is 11.5 Å². The summed E-state index contributed by atoms with van der Waals surface area (Å²) in [5.41, 5.74) is 2.58. The van der Waals surface area contributed by atoms with Gasteiger partial charge in [0.15, 0.2) is 11.5 Å². The standard InChI is InChI=1S/C26H32N2O3S/c1-4-5-6-7-14-31-22-12-9-19(16-23(22)30-3)10-13-25(29)28-26-21(17-27)20-11-8-18(2)15-24(20)32-26/h9-10,12-13,16,18H,4-8,11,14-15H2,1-3H3,(H,28,29). The molecule has 1 aromatic carbocycles. The molecule has 1 N–H and O–H groups in total. The molecular formula is C26H32N2O3S. The predicted octanol–water partition coefficient (Wildman–Crippen LogP) is 6.36. The van der Waals surface area contributed by atoms with Crippen LogP contribution in [0.25, 0.3) is 6.08 Å². The van der Waals surface area contributed by atoms with Gasteiger partial charge in [-0.25, -0.2) is 0 Å².